The third-order valence-corrected chi connectivity index (χ3v) is 3.63. The molecule has 108 valence electrons. The number of carboxylic acid groups (broad SMARTS) is 1. The van der Waals surface area contributed by atoms with E-state index in [0.717, 1.165) is 0 Å². The number of nitrogens with zero attached hydrogens (tertiary/aromatic N) is 2. The number of carboxylic acids is 1. The molecule has 0 saturated carbocycles. The van der Waals surface area contributed by atoms with Crippen LogP contribution in [0.5, 0.6) is 0 Å². The van der Waals surface area contributed by atoms with E-state index in [4.69, 9.17) is 4.74 Å². The van der Waals surface area contributed by atoms with Gasteiger partial charge in [-0.1, -0.05) is 0 Å². The molecule has 6 heteroatoms. The number of carbonyl (C=O) groups is 2. The lowest BCUT2D eigenvalue weighted by Crippen LogP contribution is -2.34. The summed E-state index contributed by atoms with van der Waals surface area (Å²) in [5.74, 6) is -1.18. The molecule has 0 spiro atoms. The molecular formula is C14H18N2O4. The lowest BCUT2D eigenvalue weighted by Gasteiger charge is -2.25. The fourth-order valence-corrected chi connectivity index (χ4v) is 2.56. The van der Waals surface area contributed by atoms with E-state index in [9.17, 15) is 14.7 Å². The van der Waals surface area contributed by atoms with Gasteiger partial charge in [0.2, 0.25) is 0 Å². The molecule has 2 atom stereocenters. The maximum Gasteiger partial charge on any atom is 0.341 e. The van der Waals surface area contributed by atoms with E-state index in [1.165, 1.54) is 0 Å². The highest BCUT2D eigenvalue weighted by Crippen LogP contribution is 2.30. The van der Waals surface area contributed by atoms with Crippen LogP contribution < -0.4 is 4.90 Å². The van der Waals surface area contributed by atoms with Crippen molar-refractivity contribution < 1.29 is 19.4 Å². The molecule has 0 aliphatic carbocycles. The van der Waals surface area contributed by atoms with E-state index in [1.807, 2.05) is 11.8 Å². The Labute approximate surface area is 117 Å². The van der Waals surface area contributed by atoms with Crippen LogP contribution in [0.3, 0.4) is 0 Å². The Morgan fingerprint density at radius 3 is 2.90 bits per heavy atom. The first-order valence-electron chi connectivity index (χ1n) is 6.67. The minimum atomic E-state index is -0.811. The fourth-order valence-electron chi connectivity index (χ4n) is 2.56. The first-order chi connectivity index (χ1) is 9.56. The van der Waals surface area contributed by atoms with Crippen LogP contribution in [0.2, 0.25) is 0 Å². The molecule has 0 bridgehead atoms. The molecule has 1 saturated heterocycles. The zero-order valence-corrected chi connectivity index (χ0v) is 11.6. The van der Waals surface area contributed by atoms with Crippen LogP contribution in [0.1, 0.15) is 30.6 Å². The van der Waals surface area contributed by atoms with Gasteiger partial charge in [0, 0.05) is 18.8 Å². The van der Waals surface area contributed by atoms with E-state index in [-0.39, 0.29) is 6.04 Å². The normalized spacial score (nSPS) is 21.8. The Kier molecular flexibility index (Phi) is 4.22. The third kappa shape index (κ3) is 2.59. The van der Waals surface area contributed by atoms with Gasteiger partial charge in [0.25, 0.3) is 0 Å². The van der Waals surface area contributed by atoms with Crippen LogP contribution in [-0.2, 0) is 9.53 Å². The molecule has 6 nitrogen and oxygen atoms in total. The van der Waals surface area contributed by atoms with Gasteiger partial charge in [-0.15, -0.1) is 0 Å². The molecule has 2 rings (SSSR count). The van der Waals surface area contributed by atoms with Crippen LogP contribution in [0.25, 0.3) is 0 Å². The van der Waals surface area contributed by atoms with Crippen LogP contribution >= 0.6 is 0 Å². The molecule has 0 aromatic carbocycles. The average molecular weight is 278 g/mol. The second kappa shape index (κ2) is 5.90. The lowest BCUT2D eigenvalue weighted by molar-refractivity contribution is -0.141. The average Bonchev–Trinajstić information content (AvgIpc) is 2.81. The van der Waals surface area contributed by atoms with Gasteiger partial charge in [-0.3, -0.25) is 4.79 Å². The van der Waals surface area contributed by atoms with Gasteiger partial charge in [-0.2, -0.15) is 0 Å². The number of aliphatic carboxylic acids is 1. The minimum absolute atomic E-state index is 0.199. The zero-order valence-electron chi connectivity index (χ0n) is 11.6. The van der Waals surface area contributed by atoms with Crippen molar-refractivity contribution in [2.24, 2.45) is 5.92 Å². The van der Waals surface area contributed by atoms with Crippen molar-refractivity contribution in [2.75, 3.05) is 18.1 Å². The number of anilines is 1. The Morgan fingerprint density at radius 2 is 2.30 bits per heavy atom. The second-order valence-electron chi connectivity index (χ2n) is 4.76. The molecule has 1 aromatic heterocycles. The molecule has 1 aromatic rings. The Balaban J connectivity index is 2.30. The van der Waals surface area contributed by atoms with Crippen molar-refractivity contribution in [1.82, 2.24) is 4.98 Å². The van der Waals surface area contributed by atoms with E-state index in [0.29, 0.717) is 31.0 Å². The summed E-state index contributed by atoms with van der Waals surface area (Å²) in [7, 11) is 0. The van der Waals surface area contributed by atoms with Crippen molar-refractivity contribution in [1.29, 1.82) is 0 Å². The summed E-state index contributed by atoms with van der Waals surface area (Å²) in [6.45, 7) is 4.45. The lowest BCUT2D eigenvalue weighted by atomic mass is 10.0. The molecule has 1 fully saturated rings. The van der Waals surface area contributed by atoms with Gasteiger partial charge in [0.1, 0.15) is 11.4 Å². The smallest absolute Gasteiger partial charge is 0.341 e. The monoisotopic (exact) mass is 278 g/mol. The van der Waals surface area contributed by atoms with Gasteiger partial charge in [0.15, 0.2) is 0 Å². The Hall–Kier alpha value is -2.11. The van der Waals surface area contributed by atoms with E-state index < -0.39 is 17.9 Å². The summed E-state index contributed by atoms with van der Waals surface area (Å²) in [4.78, 5) is 29.2. The Bertz CT molecular complexity index is 518. The number of rotatable bonds is 4. The van der Waals surface area contributed by atoms with Gasteiger partial charge in [0.05, 0.1) is 12.5 Å². The molecule has 1 aliphatic rings. The fraction of sp³-hybridized carbons (Fsp3) is 0.500. The highest BCUT2D eigenvalue weighted by molar-refractivity contribution is 5.95. The summed E-state index contributed by atoms with van der Waals surface area (Å²) in [6.07, 6.45) is 2.15. The van der Waals surface area contributed by atoms with Crippen LogP contribution in [0.15, 0.2) is 18.3 Å². The number of esters is 1. The predicted octanol–water partition coefficient (Wildman–Crippen LogP) is 1.56. The van der Waals surface area contributed by atoms with Gasteiger partial charge in [-0.25, -0.2) is 9.78 Å². The van der Waals surface area contributed by atoms with E-state index in [2.05, 4.69) is 4.98 Å². The molecule has 20 heavy (non-hydrogen) atoms. The number of pyridine rings is 1. The largest absolute Gasteiger partial charge is 0.481 e. The number of ether oxygens (including phenoxy) is 1. The standard InChI is InChI=1S/C14H18N2O4/c1-3-20-14(19)11-5-4-7-15-12(11)16-8-6-10(9(16)2)13(17)18/h4-5,7,9-10H,3,6,8H2,1-2H3,(H,17,18). The highest BCUT2D eigenvalue weighted by atomic mass is 16.5. The molecule has 0 radical (unpaired) electrons. The highest BCUT2D eigenvalue weighted by Gasteiger charge is 2.37. The zero-order chi connectivity index (χ0) is 14.7. The van der Waals surface area contributed by atoms with Crippen LogP contribution in [0, 0.1) is 5.92 Å². The van der Waals surface area contributed by atoms with Crippen molar-refractivity contribution >= 4 is 17.8 Å². The van der Waals surface area contributed by atoms with Gasteiger partial charge < -0.3 is 14.7 Å². The number of aromatic nitrogens is 1. The van der Waals surface area contributed by atoms with Crippen molar-refractivity contribution in [3.63, 3.8) is 0 Å². The first-order valence-corrected chi connectivity index (χ1v) is 6.67. The van der Waals surface area contributed by atoms with Crippen LogP contribution in [-0.4, -0.2) is 41.2 Å². The quantitative estimate of drug-likeness (QED) is 0.842. The summed E-state index contributed by atoms with van der Waals surface area (Å²) in [6, 6.07) is 3.13. The van der Waals surface area contributed by atoms with Gasteiger partial charge >= 0.3 is 11.9 Å². The number of carbonyl (C=O) groups excluding carboxylic acids is 1. The minimum Gasteiger partial charge on any atom is -0.481 e. The molecular weight excluding hydrogens is 260 g/mol. The van der Waals surface area contributed by atoms with Crippen molar-refractivity contribution in [2.45, 2.75) is 26.3 Å². The van der Waals surface area contributed by atoms with E-state index >= 15 is 0 Å². The molecule has 2 heterocycles. The molecule has 1 N–H and O–H groups in total. The number of hydrogen-bond acceptors (Lipinski definition) is 5. The molecule has 0 amide bonds. The van der Waals surface area contributed by atoms with Crippen molar-refractivity contribution in [3.05, 3.63) is 23.9 Å². The van der Waals surface area contributed by atoms with Gasteiger partial charge in [-0.05, 0) is 32.4 Å². The topological polar surface area (TPSA) is 79.7 Å². The summed E-state index contributed by atoms with van der Waals surface area (Å²) in [5.41, 5.74) is 0.382. The maximum absolute atomic E-state index is 11.9. The Morgan fingerprint density at radius 1 is 1.55 bits per heavy atom. The third-order valence-electron chi connectivity index (χ3n) is 3.63. The molecule has 2 unspecified atom stereocenters. The summed E-state index contributed by atoms with van der Waals surface area (Å²) < 4.78 is 5.02. The summed E-state index contributed by atoms with van der Waals surface area (Å²) in [5, 5.41) is 9.17. The number of hydrogen-bond donors (Lipinski definition) is 1. The van der Waals surface area contributed by atoms with Crippen molar-refractivity contribution in [3.8, 4) is 0 Å². The SMILES string of the molecule is CCOC(=O)c1cccnc1N1CCC(C(=O)O)C1C. The summed E-state index contributed by atoms with van der Waals surface area (Å²) >= 11 is 0. The maximum atomic E-state index is 11.9. The van der Waals surface area contributed by atoms with E-state index in [1.54, 1.807) is 25.3 Å². The first kappa shape index (κ1) is 14.3. The predicted molar refractivity (Wildman–Crippen MR) is 72.7 cm³/mol. The molecule has 1 aliphatic heterocycles. The van der Waals surface area contributed by atoms with Crippen LogP contribution in [0.4, 0.5) is 5.82 Å². The second-order valence-corrected chi connectivity index (χ2v) is 4.76.